The van der Waals surface area contributed by atoms with Gasteiger partial charge in [-0.05, 0) is 20.3 Å². The second-order valence-corrected chi connectivity index (χ2v) is 3.79. The zero-order valence-electron chi connectivity index (χ0n) is 9.17. The molecule has 14 heavy (non-hydrogen) atoms. The van der Waals surface area contributed by atoms with Crippen molar-refractivity contribution in [3.05, 3.63) is 0 Å². The molecule has 0 rings (SSSR count). The highest BCUT2D eigenvalue weighted by atomic mass is 16.1. The SMILES string of the molecule is CCCCC(C(C)=O)C(N)(N)C(C)=O. The second-order valence-electron chi connectivity index (χ2n) is 3.79. The fourth-order valence-electron chi connectivity index (χ4n) is 1.43. The van der Waals surface area contributed by atoms with Crippen molar-refractivity contribution >= 4 is 11.6 Å². The van der Waals surface area contributed by atoms with Crippen LogP contribution < -0.4 is 11.5 Å². The number of ketones is 2. The smallest absolute Gasteiger partial charge is 0.164 e. The van der Waals surface area contributed by atoms with Gasteiger partial charge in [0.1, 0.15) is 11.4 Å². The van der Waals surface area contributed by atoms with Gasteiger partial charge in [-0.25, -0.2) is 0 Å². The van der Waals surface area contributed by atoms with Crippen molar-refractivity contribution in [2.75, 3.05) is 0 Å². The van der Waals surface area contributed by atoms with Gasteiger partial charge in [0.15, 0.2) is 5.78 Å². The van der Waals surface area contributed by atoms with Crippen LogP contribution in [-0.4, -0.2) is 17.2 Å². The molecular weight excluding hydrogens is 180 g/mol. The minimum Gasteiger partial charge on any atom is -0.307 e. The highest BCUT2D eigenvalue weighted by molar-refractivity contribution is 5.92. The monoisotopic (exact) mass is 200 g/mol. The van der Waals surface area contributed by atoms with Crippen LogP contribution in [0.15, 0.2) is 0 Å². The molecule has 4 nitrogen and oxygen atoms in total. The van der Waals surface area contributed by atoms with Gasteiger partial charge in [0, 0.05) is 0 Å². The van der Waals surface area contributed by atoms with Gasteiger partial charge in [-0.15, -0.1) is 0 Å². The van der Waals surface area contributed by atoms with E-state index in [1.807, 2.05) is 6.92 Å². The van der Waals surface area contributed by atoms with Crippen LogP contribution >= 0.6 is 0 Å². The molecule has 0 fully saturated rings. The van der Waals surface area contributed by atoms with E-state index in [4.69, 9.17) is 11.5 Å². The Balaban J connectivity index is 4.64. The van der Waals surface area contributed by atoms with E-state index >= 15 is 0 Å². The van der Waals surface area contributed by atoms with E-state index < -0.39 is 11.6 Å². The van der Waals surface area contributed by atoms with Crippen molar-refractivity contribution in [2.24, 2.45) is 17.4 Å². The predicted molar refractivity (Wildman–Crippen MR) is 55.5 cm³/mol. The summed E-state index contributed by atoms with van der Waals surface area (Å²) >= 11 is 0. The molecule has 0 aromatic carbocycles. The molecular formula is C10H20N2O2. The number of hydrogen-bond donors (Lipinski definition) is 2. The van der Waals surface area contributed by atoms with Crippen LogP contribution in [0, 0.1) is 5.92 Å². The summed E-state index contributed by atoms with van der Waals surface area (Å²) in [7, 11) is 0. The number of hydrogen-bond acceptors (Lipinski definition) is 4. The lowest BCUT2D eigenvalue weighted by atomic mass is 9.84. The molecule has 0 aromatic rings. The zero-order chi connectivity index (χ0) is 11.4. The minimum absolute atomic E-state index is 0.112. The molecule has 0 aliphatic carbocycles. The Hall–Kier alpha value is -0.740. The standard InChI is InChI=1S/C10H20N2O2/c1-4-5-6-9(7(2)13)10(11,12)8(3)14/h9H,4-6,11-12H2,1-3H3. The molecule has 0 amide bonds. The first kappa shape index (κ1) is 13.3. The normalized spacial score (nSPS) is 13.8. The van der Waals surface area contributed by atoms with Crippen LogP contribution in [0.1, 0.15) is 40.0 Å². The van der Waals surface area contributed by atoms with Crippen LogP contribution in [0.4, 0.5) is 0 Å². The van der Waals surface area contributed by atoms with Gasteiger partial charge < -0.3 is 11.5 Å². The number of rotatable bonds is 6. The molecule has 0 aromatic heterocycles. The number of unbranched alkanes of at least 4 members (excludes halogenated alkanes) is 1. The molecule has 4 N–H and O–H groups in total. The van der Waals surface area contributed by atoms with E-state index in [-0.39, 0.29) is 11.6 Å². The van der Waals surface area contributed by atoms with Gasteiger partial charge in [-0.1, -0.05) is 19.8 Å². The van der Waals surface area contributed by atoms with Gasteiger partial charge in [-0.2, -0.15) is 0 Å². The quantitative estimate of drug-likeness (QED) is 0.614. The molecule has 4 heteroatoms. The maximum Gasteiger partial charge on any atom is 0.164 e. The highest BCUT2D eigenvalue weighted by Gasteiger charge is 2.37. The molecule has 0 spiro atoms. The van der Waals surface area contributed by atoms with E-state index in [1.54, 1.807) is 0 Å². The summed E-state index contributed by atoms with van der Waals surface area (Å²) in [5.74, 6) is -1.01. The number of Topliss-reactive ketones (excluding diaryl/α,β-unsaturated/α-hetero) is 2. The maximum atomic E-state index is 11.3. The summed E-state index contributed by atoms with van der Waals surface area (Å²) in [4.78, 5) is 22.5. The van der Waals surface area contributed by atoms with Gasteiger partial charge in [-0.3, -0.25) is 9.59 Å². The molecule has 1 unspecified atom stereocenters. The molecule has 0 saturated carbocycles. The summed E-state index contributed by atoms with van der Waals surface area (Å²) in [6.45, 7) is 4.76. The zero-order valence-corrected chi connectivity index (χ0v) is 9.17. The third kappa shape index (κ3) is 3.20. The Morgan fingerprint density at radius 1 is 1.29 bits per heavy atom. The van der Waals surface area contributed by atoms with Crippen molar-refractivity contribution in [1.29, 1.82) is 0 Å². The largest absolute Gasteiger partial charge is 0.307 e. The van der Waals surface area contributed by atoms with Crippen molar-refractivity contribution in [1.82, 2.24) is 0 Å². The topological polar surface area (TPSA) is 86.2 Å². The van der Waals surface area contributed by atoms with Crippen LogP contribution in [0.5, 0.6) is 0 Å². The molecule has 1 atom stereocenters. The highest BCUT2D eigenvalue weighted by Crippen LogP contribution is 2.18. The van der Waals surface area contributed by atoms with Gasteiger partial charge in [0.25, 0.3) is 0 Å². The van der Waals surface area contributed by atoms with Crippen LogP contribution in [0.2, 0.25) is 0 Å². The first-order chi connectivity index (χ1) is 6.34. The number of carbonyl (C=O) groups is 2. The second kappa shape index (κ2) is 5.22. The average molecular weight is 200 g/mol. The average Bonchev–Trinajstić information content (AvgIpc) is 2.03. The minimum atomic E-state index is -1.50. The lowest BCUT2D eigenvalue weighted by molar-refractivity contribution is -0.131. The van der Waals surface area contributed by atoms with Crippen LogP contribution in [0.25, 0.3) is 0 Å². The fourth-order valence-corrected chi connectivity index (χ4v) is 1.43. The Morgan fingerprint density at radius 2 is 1.79 bits per heavy atom. The molecule has 0 radical (unpaired) electrons. The molecule has 0 saturated heterocycles. The number of nitrogens with two attached hydrogens (primary N) is 2. The van der Waals surface area contributed by atoms with Crippen molar-refractivity contribution in [3.63, 3.8) is 0 Å². The lowest BCUT2D eigenvalue weighted by Gasteiger charge is -2.29. The Morgan fingerprint density at radius 3 is 2.07 bits per heavy atom. The summed E-state index contributed by atoms with van der Waals surface area (Å²) < 4.78 is 0. The van der Waals surface area contributed by atoms with Crippen LogP contribution in [-0.2, 0) is 9.59 Å². The van der Waals surface area contributed by atoms with E-state index in [2.05, 4.69) is 0 Å². The maximum absolute atomic E-state index is 11.3. The summed E-state index contributed by atoms with van der Waals surface area (Å²) in [6, 6.07) is 0. The summed E-state index contributed by atoms with van der Waals surface area (Å²) in [5, 5.41) is 0. The Bertz CT molecular complexity index is 224. The first-order valence-corrected chi connectivity index (χ1v) is 4.93. The van der Waals surface area contributed by atoms with Crippen molar-refractivity contribution in [2.45, 2.75) is 45.7 Å². The number of carbonyl (C=O) groups excluding carboxylic acids is 2. The summed E-state index contributed by atoms with van der Waals surface area (Å²) in [5.41, 5.74) is 9.81. The van der Waals surface area contributed by atoms with Gasteiger partial charge in [0.05, 0.1) is 5.92 Å². The van der Waals surface area contributed by atoms with Crippen LogP contribution in [0.3, 0.4) is 0 Å². The molecule has 0 aliphatic rings. The molecule has 0 bridgehead atoms. The fraction of sp³-hybridized carbons (Fsp3) is 0.800. The van der Waals surface area contributed by atoms with E-state index in [0.29, 0.717) is 6.42 Å². The van der Waals surface area contributed by atoms with Crippen molar-refractivity contribution in [3.8, 4) is 0 Å². The van der Waals surface area contributed by atoms with E-state index in [0.717, 1.165) is 12.8 Å². The Kier molecular flexibility index (Phi) is 4.94. The molecule has 0 aliphatic heterocycles. The summed E-state index contributed by atoms with van der Waals surface area (Å²) in [6.07, 6.45) is 2.39. The third-order valence-electron chi connectivity index (χ3n) is 2.52. The van der Waals surface area contributed by atoms with E-state index in [1.165, 1.54) is 13.8 Å². The van der Waals surface area contributed by atoms with E-state index in [9.17, 15) is 9.59 Å². The Labute approximate surface area is 85.0 Å². The predicted octanol–water partition coefficient (Wildman–Crippen LogP) is 0.584. The molecule has 0 heterocycles. The van der Waals surface area contributed by atoms with Crippen molar-refractivity contribution < 1.29 is 9.59 Å². The van der Waals surface area contributed by atoms with Gasteiger partial charge in [0.2, 0.25) is 0 Å². The lowest BCUT2D eigenvalue weighted by Crippen LogP contribution is -2.62. The first-order valence-electron chi connectivity index (χ1n) is 4.93. The molecule has 82 valence electrons. The van der Waals surface area contributed by atoms with Gasteiger partial charge >= 0.3 is 0 Å². The third-order valence-corrected chi connectivity index (χ3v) is 2.52.